The van der Waals surface area contributed by atoms with Crippen LogP contribution < -0.4 is 10.6 Å². The lowest BCUT2D eigenvalue weighted by molar-refractivity contribution is -0.140. The molecule has 1 aliphatic heterocycles. The molecular weight excluding hydrogens is 509 g/mol. The van der Waals surface area contributed by atoms with Gasteiger partial charge in [0.15, 0.2) is 5.96 Å². The van der Waals surface area contributed by atoms with Crippen LogP contribution in [0.2, 0.25) is 0 Å². The number of likely N-dealkylation sites (tertiary alicyclic amines) is 1. The molecule has 4 atom stereocenters. The number of imide groups is 1. The second kappa shape index (κ2) is 11.1. The summed E-state index contributed by atoms with van der Waals surface area (Å²) in [5.41, 5.74) is 0. The SMILES string of the molecule is CCNC(=NCCCN1C(=O)C2C3C=CC(C3)C2C1=O)NCCCCn1cnnc1.I. The summed E-state index contributed by atoms with van der Waals surface area (Å²) in [6, 6.07) is 0. The summed E-state index contributed by atoms with van der Waals surface area (Å²) in [6.45, 7) is 5.59. The van der Waals surface area contributed by atoms with Crippen molar-refractivity contribution >= 4 is 41.8 Å². The number of guanidine groups is 1. The Bertz CT molecular complexity index is 781. The van der Waals surface area contributed by atoms with E-state index in [2.05, 4.69) is 38.0 Å². The van der Waals surface area contributed by atoms with Gasteiger partial charge in [0.1, 0.15) is 12.7 Å². The monoisotopic (exact) mass is 541 g/mol. The average Bonchev–Trinajstić information content (AvgIpc) is 3.52. The maximum Gasteiger partial charge on any atom is 0.233 e. The quantitative estimate of drug-likeness (QED) is 0.116. The zero-order valence-corrected chi connectivity index (χ0v) is 20.3. The van der Waals surface area contributed by atoms with E-state index in [4.69, 9.17) is 0 Å². The lowest BCUT2D eigenvalue weighted by atomic mass is 9.85. The van der Waals surface area contributed by atoms with E-state index < -0.39 is 0 Å². The van der Waals surface area contributed by atoms with Crippen LogP contribution in [0.1, 0.15) is 32.6 Å². The van der Waals surface area contributed by atoms with Gasteiger partial charge in [-0.05, 0) is 44.4 Å². The molecule has 1 aromatic rings. The molecule has 4 rings (SSSR count). The van der Waals surface area contributed by atoms with Crippen molar-refractivity contribution < 1.29 is 9.59 Å². The molecule has 3 aliphatic rings. The minimum absolute atomic E-state index is 0. The van der Waals surface area contributed by atoms with Crippen LogP contribution in [0, 0.1) is 23.7 Å². The Labute approximate surface area is 200 Å². The molecule has 2 N–H and O–H groups in total. The molecule has 0 spiro atoms. The normalized spacial score (nSPS) is 26.4. The van der Waals surface area contributed by atoms with Crippen LogP contribution in [0.3, 0.4) is 0 Å². The Balaban J connectivity index is 0.00000272. The summed E-state index contributed by atoms with van der Waals surface area (Å²) in [7, 11) is 0. The summed E-state index contributed by atoms with van der Waals surface area (Å²) in [5, 5.41) is 14.2. The number of halogens is 1. The minimum atomic E-state index is -0.104. The summed E-state index contributed by atoms with van der Waals surface area (Å²) in [6.07, 6.45) is 11.4. The van der Waals surface area contributed by atoms with Crippen molar-refractivity contribution in [1.82, 2.24) is 30.3 Å². The summed E-state index contributed by atoms with van der Waals surface area (Å²) in [4.78, 5) is 31.5. The van der Waals surface area contributed by atoms with Crippen LogP contribution in [0.15, 0.2) is 29.8 Å². The van der Waals surface area contributed by atoms with Crippen molar-refractivity contribution in [2.24, 2.45) is 28.7 Å². The predicted molar refractivity (Wildman–Crippen MR) is 128 cm³/mol. The van der Waals surface area contributed by atoms with Crippen LogP contribution in [-0.4, -0.2) is 63.6 Å². The number of carbonyl (C=O) groups excluding carboxylic acids is 2. The predicted octanol–water partition coefficient (Wildman–Crippen LogP) is 1.43. The van der Waals surface area contributed by atoms with Crippen molar-refractivity contribution in [2.45, 2.75) is 39.2 Å². The third kappa shape index (κ3) is 5.27. The number of amides is 2. The molecule has 0 aromatic carbocycles. The fraction of sp³-hybridized carbons (Fsp3) is 0.667. The highest BCUT2D eigenvalue weighted by Gasteiger charge is 2.58. The maximum atomic E-state index is 12.7. The minimum Gasteiger partial charge on any atom is -0.357 e. The molecule has 10 heteroatoms. The van der Waals surface area contributed by atoms with Gasteiger partial charge in [0, 0.05) is 32.7 Å². The Kier molecular flexibility index (Phi) is 8.44. The van der Waals surface area contributed by atoms with E-state index in [0.29, 0.717) is 19.5 Å². The molecule has 2 fully saturated rings. The second-order valence-corrected chi connectivity index (χ2v) is 8.28. The van der Waals surface area contributed by atoms with Gasteiger partial charge in [-0.3, -0.25) is 19.5 Å². The number of hydrogen-bond acceptors (Lipinski definition) is 5. The van der Waals surface area contributed by atoms with Crippen LogP contribution >= 0.6 is 24.0 Å². The smallest absolute Gasteiger partial charge is 0.233 e. The van der Waals surface area contributed by atoms with Crippen molar-refractivity contribution in [2.75, 3.05) is 26.2 Å². The summed E-state index contributed by atoms with van der Waals surface area (Å²) in [5.74, 6) is 1.18. The van der Waals surface area contributed by atoms with E-state index in [1.54, 1.807) is 12.7 Å². The van der Waals surface area contributed by atoms with Crippen LogP contribution in [0.25, 0.3) is 0 Å². The number of allylic oxidation sites excluding steroid dienone is 2. The first-order chi connectivity index (χ1) is 14.7. The Morgan fingerprint density at radius 1 is 1.03 bits per heavy atom. The van der Waals surface area contributed by atoms with Crippen molar-refractivity contribution in [3.05, 3.63) is 24.8 Å². The Hall–Kier alpha value is -1.98. The highest BCUT2D eigenvalue weighted by atomic mass is 127. The van der Waals surface area contributed by atoms with E-state index >= 15 is 0 Å². The topological polar surface area (TPSA) is 105 Å². The van der Waals surface area contributed by atoms with Crippen molar-refractivity contribution in [3.63, 3.8) is 0 Å². The largest absolute Gasteiger partial charge is 0.357 e. The molecule has 1 saturated carbocycles. The first-order valence-electron chi connectivity index (χ1n) is 11.1. The van der Waals surface area contributed by atoms with Crippen molar-refractivity contribution in [3.8, 4) is 0 Å². The summed E-state index contributed by atoms with van der Waals surface area (Å²) >= 11 is 0. The molecule has 2 bridgehead atoms. The van der Waals surface area contributed by atoms with Gasteiger partial charge in [0.25, 0.3) is 0 Å². The highest BCUT2D eigenvalue weighted by Crippen LogP contribution is 2.52. The Morgan fingerprint density at radius 2 is 1.71 bits per heavy atom. The number of rotatable bonds is 10. The number of carbonyl (C=O) groups is 2. The number of fused-ring (bicyclic) bond motifs is 5. The Morgan fingerprint density at radius 3 is 2.35 bits per heavy atom. The lowest BCUT2D eigenvalue weighted by Crippen LogP contribution is -2.38. The van der Waals surface area contributed by atoms with Crippen LogP contribution in [0.5, 0.6) is 0 Å². The van der Waals surface area contributed by atoms with Gasteiger partial charge in [-0.15, -0.1) is 34.2 Å². The van der Waals surface area contributed by atoms with Gasteiger partial charge in [-0.1, -0.05) is 12.2 Å². The van der Waals surface area contributed by atoms with E-state index in [9.17, 15) is 9.59 Å². The van der Waals surface area contributed by atoms with Gasteiger partial charge in [-0.25, -0.2) is 0 Å². The number of nitrogens with zero attached hydrogens (tertiary/aromatic N) is 5. The molecule has 2 heterocycles. The number of aromatic nitrogens is 3. The van der Waals surface area contributed by atoms with E-state index in [-0.39, 0.29) is 59.5 Å². The number of hydrogen-bond donors (Lipinski definition) is 2. The fourth-order valence-corrected chi connectivity index (χ4v) is 4.91. The van der Waals surface area contributed by atoms with Gasteiger partial charge < -0.3 is 15.2 Å². The molecule has 31 heavy (non-hydrogen) atoms. The molecule has 170 valence electrons. The number of nitrogens with one attached hydrogen (secondary N) is 2. The molecule has 1 aromatic heterocycles. The van der Waals surface area contributed by atoms with Gasteiger partial charge in [-0.2, -0.15) is 0 Å². The first-order valence-corrected chi connectivity index (χ1v) is 11.1. The third-order valence-corrected chi connectivity index (χ3v) is 6.32. The maximum absolute atomic E-state index is 12.7. The zero-order chi connectivity index (χ0) is 20.9. The van der Waals surface area contributed by atoms with Crippen molar-refractivity contribution in [1.29, 1.82) is 0 Å². The second-order valence-electron chi connectivity index (χ2n) is 8.28. The van der Waals surface area contributed by atoms with E-state index in [0.717, 1.165) is 44.9 Å². The first kappa shape index (κ1) is 23.7. The van der Waals surface area contributed by atoms with Gasteiger partial charge in [0.2, 0.25) is 11.8 Å². The average molecular weight is 541 g/mol. The number of aliphatic imine (C=N–C) groups is 1. The zero-order valence-electron chi connectivity index (χ0n) is 17.9. The highest BCUT2D eigenvalue weighted by molar-refractivity contribution is 14.0. The molecule has 0 radical (unpaired) electrons. The molecule has 4 unspecified atom stereocenters. The third-order valence-electron chi connectivity index (χ3n) is 6.32. The fourth-order valence-electron chi connectivity index (χ4n) is 4.91. The molecule has 1 saturated heterocycles. The number of aryl methyl sites for hydroxylation is 1. The van der Waals surface area contributed by atoms with Crippen LogP contribution in [-0.2, 0) is 16.1 Å². The van der Waals surface area contributed by atoms with Gasteiger partial charge >= 0.3 is 0 Å². The molecule has 2 amide bonds. The van der Waals surface area contributed by atoms with E-state index in [1.165, 1.54) is 4.90 Å². The van der Waals surface area contributed by atoms with Crippen LogP contribution in [0.4, 0.5) is 0 Å². The number of unbranched alkanes of at least 4 members (excludes halogenated alkanes) is 1. The molecular formula is C21H32IN7O2. The summed E-state index contributed by atoms with van der Waals surface area (Å²) < 4.78 is 1.97. The lowest BCUT2D eigenvalue weighted by Gasteiger charge is -2.17. The van der Waals surface area contributed by atoms with Gasteiger partial charge in [0.05, 0.1) is 11.8 Å². The van der Waals surface area contributed by atoms with E-state index in [1.807, 2.05) is 11.5 Å². The molecule has 9 nitrogen and oxygen atoms in total. The standard InChI is InChI=1S/C21H31N7O2.HI/c1-2-22-21(23-8-3-4-10-27-13-25-26-14-27)24-9-5-11-28-19(29)17-15-6-7-16(12-15)18(17)20(28)30;/h6-7,13-18H,2-5,8-12H2,1H3,(H2,22,23,24);1H. The molecule has 2 aliphatic carbocycles.